The van der Waals surface area contributed by atoms with E-state index < -0.39 is 10.0 Å². The highest BCUT2D eigenvalue weighted by Crippen LogP contribution is 2.27. The van der Waals surface area contributed by atoms with Gasteiger partial charge in [0.25, 0.3) is 0 Å². The Hall–Kier alpha value is -2.26. The van der Waals surface area contributed by atoms with Gasteiger partial charge in [0.05, 0.1) is 17.7 Å². The fourth-order valence-corrected chi connectivity index (χ4v) is 4.16. The second-order valence-corrected chi connectivity index (χ2v) is 9.00. The standard InChI is InChI=1S/C20H23N3O3S2/c1-14(15-6-10-19(11-7-15)28(21,24)25)23(2)12-17-13-27-20(22-17)16-4-8-18(26-3)9-5-16/h4-11,13-14H,12H2,1-3H3,(H2,21,24,25). The van der Waals surface area contributed by atoms with Crippen molar-refractivity contribution >= 4 is 21.4 Å². The van der Waals surface area contributed by atoms with Crippen LogP contribution in [0.4, 0.5) is 0 Å². The number of rotatable bonds is 7. The van der Waals surface area contributed by atoms with Crippen molar-refractivity contribution in [3.8, 4) is 16.3 Å². The number of thiazole rings is 1. The third kappa shape index (κ3) is 4.77. The molecule has 0 amide bonds. The Morgan fingerprint density at radius 3 is 2.36 bits per heavy atom. The van der Waals surface area contributed by atoms with Crippen molar-refractivity contribution in [1.29, 1.82) is 0 Å². The lowest BCUT2D eigenvalue weighted by molar-refractivity contribution is 0.250. The van der Waals surface area contributed by atoms with Crippen molar-refractivity contribution in [1.82, 2.24) is 9.88 Å². The number of ether oxygens (including phenoxy) is 1. The fraction of sp³-hybridized carbons (Fsp3) is 0.250. The van der Waals surface area contributed by atoms with Crippen LogP contribution in [0.1, 0.15) is 24.2 Å². The number of aromatic nitrogens is 1. The van der Waals surface area contributed by atoms with E-state index in [1.165, 1.54) is 0 Å². The predicted molar refractivity (Wildman–Crippen MR) is 112 cm³/mol. The van der Waals surface area contributed by atoms with Gasteiger partial charge in [-0.2, -0.15) is 0 Å². The van der Waals surface area contributed by atoms with Gasteiger partial charge in [-0.05, 0) is 55.9 Å². The number of nitrogens with two attached hydrogens (primary N) is 1. The van der Waals surface area contributed by atoms with Crippen LogP contribution in [0.15, 0.2) is 58.8 Å². The van der Waals surface area contributed by atoms with Gasteiger partial charge in [0.1, 0.15) is 10.8 Å². The molecule has 28 heavy (non-hydrogen) atoms. The van der Waals surface area contributed by atoms with Crippen molar-refractivity contribution in [3.63, 3.8) is 0 Å². The summed E-state index contributed by atoms with van der Waals surface area (Å²) in [5.41, 5.74) is 3.07. The predicted octanol–water partition coefficient (Wildman–Crippen LogP) is 3.66. The molecule has 0 saturated heterocycles. The third-order valence-corrected chi connectivity index (χ3v) is 6.52. The molecule has 1 atom stereocenters. The molecular formula is C20H23N3O3S2. The van der Waals surface area contributed by atoms with Gasteiger partial charge < -0.3 is 4.74 Å². The highest BCUT2D eigenvalue weighted by Gasteiger charge is 2.15. The summed E-state index contributed by atoms with van der Waals surface area (Å²) >= 11 is 1.61. The lowest BCUT2D eigenvalue weighted by Crippen LogP contribution is -2.22. The van der Waals surface area contributed by atoms with Gasteiger partial charge >= 0.3 is 0 Å². The Morgan fingerprint density at radius 2 is 1.79 bits per heavy atom. The van der Waals surface area contributed by atoms with E-state index in [-0.39, 0.29) is 10.9 Å². The lowest BCUT2D eigenvalue weighted by Gasteiger charge is -2.24. The smallest absolute Gasteiger partial charge is 0.238 e. The van der Waals surface area contributed by atoms with E-state index in [1.807, 2.05) is 31.3 Å². The number of benzene rings is 2. The van der Waals surface area contributed by atoms with Crippen molar-refractivity contribution in [2.24, 2.45) is 5.14 Å². The number of methoxy groups -OCH3 is 1. The molecule has 1 unspecified atom stereocenters. The van der Waals surface area contributed by atoms with Gasteiger partial charge in [-0.3, -0.25) is 4.90 Å². The lowest BCUT2D eigenvalue weighted by atomic mass is 10.1. The second-order valence-electron chi connectivity index (χ2n) is 6.58. The maximum atomic E-state index is 11.4. The molecule has 0 aliphatic carbocycles. The normalized spacial score (nSPS) is 12.9. The molecule has 0 spiro atoms. The van der Waals surface area contributed by atoms with E-state index in [1.54, 1.807) is 42.7 Å². The molecule has 6 nitrogen and oxygen atoms in total. The first kappa shape index (κ1) is 20.5. The summed E-state index contributed by atoms with van der Waals surface area (Å²) in [5.74, 6) is 0.822. The van der Waals surface area contributed by atoms with Gasteiger partial charge in [-0.25, -0.2) is 18.5 Å². The van der Waals surface area contributed by atoms with Crippen LogP contribution < -0.4 is 9.88 Å². The van der Waals surface area contributed by atoms with Gasteiger partial charge in [0, 0.05) is 23.5 Å². The Bertz CT molecular complexity index is 1030. The van der Waals surface area contributed by atoms with E-state index in [2.05, 4.69) is 17.2 Å². The minimum absolute atomic E-state index is 0.0978. The summed E-state index contributed by atoms with van der Waals surface area (Å²) in [4.78, 5) is 7.02. The highest BCUT2D eigenvalue weighted by atomic mass is 32.2. The molecule has 0 aliphatic heterocycles. The van der Waals surface area contributed by atoms with Gasteiger partial charge in [0.2, 0.25) is 10.0 Å². The third-order valence-electron chi connectivity index (χ3n) is 4.65. The first-order valence-corrected chi connectivity index (χ1v) is 11.1. The topological polar surface area (TPSA) is 85.5 Å². The minimum atomic E-state index is -3.67. The number of hydrogen-bond acceptors (Lipinski definition) is 6. The average molecular weight is 418 g/mol. The Kier molecular flexibility index (Phi) is 6.14. The maximum absolute atomic E-state index is 11.4. The minimum Gasteiger partial charge on any atom is -0.497 e. The Morgan fingerprint density at radius 1 is 1.14 bits per heavy atom. The molecule has 3 rings (SSSR count). The maximum Gasteiger partial charge on any atom is 0.238 e. The highest BCUT2D eigenvalue weighted by molar-refractivity contribution is 7.89. The SMILES string of the molecule is COc1ccc(-c2nc(CN(C)C(C)c3ccc(S(N)(=O)=O)cc3)cs2)cc1. The molecule has 1 aromatic heterocycles. The van der Waals surface area contributed by atoms with Crippen LogP contribution in [0, 0.1) is 0 Å². The Balaban J connectivity index is 1.68. The summed E-state index contributed by atoms with van der Waals surface area (Å²) in [6, 6.07) is 14.6. The zero-order valence-corrected chi connectivity index (χ0v) is 17.6. The fourth-order valence-electron chi connectivity index (χ4n) is 2.83. The zero-order chi connectivity index (χ0) is 20.3. The molecule has 1 heterocycles. The van der Waals surface area contributed by atoms with Crippen molar-refractivity contribution < 1.29 is 13.2 Å². The molecule has 2 aromatic carbocycles. The number of sulfonamides is 1. The molecule has 0 fully saturated rings. The van der Waals surface area contributed by atoms with Crippen molar-refractivity contribution in [3.05, 3.63) is 65.2 Å². The largest absolute Gasteiger partial charge is 0.497 e. The van der Waals surface area contributed by atoms with Crippen LogP contribution in [0.25, 0.3) is 10.6 Å². The monoisotopic (exact) mass is 417 g/mol. The van der Waals surface area contributed by atoms with Crippen LogP contribution in [0.3, 0.4) is 0 Å². The van der Waals surface area contributed by atoms with Gasteiger partial charge in [-0.15, -0.1) is 11.3 Å². The van der Waals surface area contributed by atoms with Gasteiger partial charge in [0.15, 0.2) is 0 Å². The number of hydrogen-bond donors (Lipinski definition) is 1. The summed E-state index contributed by atoms with van der Waals surface area (Å²) in [5, 5.41) is 8.19. The molecule has 148 valence electrons. The van der Waals surface area contributed by atoms with E-state index in [9.17, 15) is 8.42 Å². The quantitative estimate of drug-likeness (QED) is 0.634. The van der Waals surface area contributed by atoms with Crippen LogP contribution >= 0.6 is 11.3 Å². The summed E-state index contributed by atoms with van der Waals surface area (Å²) in [6.07, 6.45) is 0. The molecule has 0 radical (unpaired) electrons. The van der Waals surface area contributed by atoms with E-state index in [0.717, 1.165) is 27.6 Å². The molecule has 0 aliphatic rings. The molecule has 3 aromatic rings. The van der Waals surface area contributed by atoms with Crippen molar-refractivity contribution in [2.75, 3.05) is 14.2 Å². The zero-order valence-electron chi connectivity index (χ0n) is 16.0. The summed E-state index contributed by atoms with van der Waals surface area (Å²) < 4.78 is 28.0. The van der Waals surface area contributed by atoms with Crippen LogP contribution in [0.5, 0.6) is 5.75 Å². The van der Waals surface area contributed by atoms with E-state index >= 15 is 0 Å². The molecule has 0 saturated carbocycles. The summed E-state index contributed by atoms with van der Waals surface area (Å²) in [7, 11) is -0.00497. The number of nitrogens with zero attached hydrogens (tertiary/aromatic N) is 2. The van der Waals surface area contributed by atoms with E-state index in [4.69, 9.17) is 14.9 Å². The average Bonchev–Trinajstić information content (AvgIpc) is 3.15. The van der Waals surface area contributed by atoms with Gasteiger partial charge in [-0.1, -0.05) is 12.1 Å². The first-order chi connectivity index (χ1) is 13.3. The number of primary sulfonamides is 1. The van der Waals surface area contributed by atoms with Crippen molar-refractivity contribution in [2.45, 2.75) is 24.4 Å². The second kappa shape index (κ2) is 8.40. The molecule has 0 bridgehead atoms. The van der Waals surface area contributed by atoms with Crippen LogP contribution in [-0.4, -0.2) is 32.5 Å². The summed E-state index contributed by atoms with van der Waals surface area (Å²) in [6.45, 7) is 2.76. The van der Waals surface area contributed by atoms with Crippen LogP contribution in [0.2, 0.25) is 0 Å². The van der Waals surface area contributed by atoms with Crippen LogP contribution in [-0.2, 0) is 16.6 Å². The molecule has 2 N–H and O–H groups in total. The molecular weight excluding hydrogens is 394 g/mol. The first-order valence-electron chi connectivity index (χ1n) is 8.70. The Labute approximate surface area is 169 Å². The van der Waals surface area contributed by atoms with E-state index in [0.29, 0.717) is 6.54 Å². The molecule has 8 heteroatoms.